The van der Waals surface area contributed by atoms with Gasteiger partial charge < -0.3 is 4.74 Å². The minimum absolute atomic E-state index is 0.0876. The maximum atomic E-state index is 10.5. The first-order chi connectivity index (χ1) is 4.72. The van der Waals surface area contributed by atoms with Gasteiger partial charge in [0.25, 0.3) is 0 Å². The van der Waals surface area contributed by atoms with Gasteiger partial charge in [-0.3, -0.25) is 0 Å². The zero-order valence-electron chi connectivity index (χ0n) is 5.57. The van der Waals surface area contributed by atoms with Crippen molar-refractivity contribution in [2.24, 2.45) is 0 Å². The maximum Gasteiger partial charge on any atom is 0.636 e. The van der Waals surface area contributed by atoms with Crippen molar-refractivity contribution in [3.05, 3.63) is 12.7 Å². The van der Waals surface area contributed by atoms with Crippen molar-refractivity contribution in [3.8, 4) is 0 Å². The SMILES string of the molecule is C=CCO[P+](=O)C(=O)OC. The number of carbonyl (C=O) groups excluding carboxylic acids is 1. The molecule has 0 aliphatic rings. The van der Waals surface area contributed by atoms with Crippen molar-refractivity contribution in [1.82, 2.24) is 0 Å². The summed E-state index contributed by atoms with van der Waals surface area (Å²) in [4.78, 5) is 10.4. The number of hydrogen-bond acceptors (Lipinski definition) is 4. The van der Waals surface area contributed by atoms with E-state index in [9.17, 15) is 9.36 Å². The lowest BCUT2D eigenvalue weighted by Crippen LogP contribution is -1.93. The van der Waals surface area contributed by atoms with Crippen LogP contribution in [0.25, 0.3) is 0 Å². The molecule has 0 aromatic rings. The third-order valence-corrected chi connectivity index (χ3v) is 1.50. The molecule has 0 saturated carbocycles. The lowest BCUT2D eigenvalue weighted by Gasteiger charge is -1.82. The third kappa shape index (κ3) is 3.33. The highest BCUT2D eigenvalue weighted by Crippen LogP contribution is 2.23. The fraction of sp³-hybridized carbons (Fsp3) is 0.400. The van der Waals surface area contributed by atoms with Gasteiger partial charge in [-0.2, -0.15) is 4.79 Å². The molecule has 0 heterocycles. The minimum Gasteiger partial charge on any atom is -0.429 e. The highest BCUT2D eigenvalue weighted by molar-refractivity contribution is 7.58. The number of carbonyl (C=O) groups is 1. The van der Waals surface area contributed by atoms with Crippen LogP contribution in [0.15, 0.2) is 12.7 Å². The van der Waals surface area contributed by atoms with Crippen LogP contribution in [0.4, 0.5) is 4.79 Å². The molecule has 0 fully saturated rings. The highest BCUT2D eigenvalue weighted by atomic mass is 31.1. The zero-order valence-corrected chi connectivity index (χ0v) is 6.47. The van der Waals surface area contributed by atoms with Gasteiger partial charge in [0.15, 0.2) is 0 Å². The normalized spacial score (nSPS) is 10.3. The first-order valence-electron chi connectivity index (χ1n) is 2.51. The second-order valence-corrected chi connectivity index (χ2v) is 2.45. The smallest absolute Gasteiger partial charge is 0.429 e. The van der Waals surface area contributed by atoms with E-state index in [0.717, 1.165) is 7.11 Å². The topological polar surface area (TPSA) is 52.6 Å². The summed E-state index contributed by atoms with van der Waals surface area (Å²) < 4.78 is 19.1. The van der Waals surface area contributed by atoms with Gasteiger partial charge in [-0.05, 0) is 4.57 Å². The van der Waals surface area contributed by atoms with Crippen molar-refractivity contribution in [2.45, 2.75) is 0 Å². The standard InChI is InChI=1S/C5H8O4P/c1-3-4-9-10(7)5(6)8-2/h3H,1,4H2,2H3/q+1. The predicted molar refractivity (Wildman–Crippen MR) is 36.2 cm³/mol. The van der Waals surface area contributed by atoms with Crippen LogP contribution in [0.1, 0.15) is 0 Å². The average molecular weight is 163 g/mol. The molecule has 0 rings (SSSR count). The van der Waals surface area contributed by atoms with Crippen LogP contribution >= 0.6 is 8.03 Å². The fourth-order valence-corrected chi connectivity index (χ4v) is 0.743. The monoisotopic (exact) mass is 163 g/mol. The van der Waals surface area contributed by atoms with Crippen molar-refractivity contribution in [3.63, 3.8) is 0 Å². The van der Waals surface area contributed by atoms with E-state index in [2.05, 4.69) is 15.8 Å². The molecule has 0 spiro atoms. The van der Waals surface area contributed by atoms with Crippen LogP contribution in [0.5, 0.6) is 0 Å². The molecule has 0 aliphatic heterocycles. The minimum atomic E-state index is -2.33. The zero-order chi connectivity index (χ0) is 7.98. The Bertz CT molecular complexity index is 154. The van der Waals surface area contributed by atoms with Gasteiger partial charge in [0.05, 0.1) is 7.11 Å². The van der Waals surface area contributed by atoms with Crippen molar-refractivity contribution >= 4 is 13.7 Å². The summed E-state index contributed by atoms with van der Waals surface area (Å²) in [5.41, 5.74) is -0.850. The van der Waals surface area contributed by atoms with Crippen LogP contribution in [0.3, 0.4) is 0 Å². The Hall–Kier alpha value is -0.730. The first kappa shape index (κ1) is 9.27. The summed E-state index contributed by atoms with van der Waals surface area (Å²) in [6, 6.07) is 0. The van der Waals surface area contributed by atoms with E-state index in [1.165, 1.54) is 6.08 Å². The molecule has 10 heavy (non-hydrogen) atoms. The Morgan fingerprint density at radius 1 is 1.80 bits per heavy atom. The highest BCUT2D eigenvalue weighted by Gasteiger charge is 2.31. The number of methoxy groups -OCH3 is 1. The van der Waals surface area contributed by atoms with E-state index >= 15 is 0 Å². The summed E-state index contributed by atoms with van der Waals surface area (Å²) >= 11 is 0. The Morgan fingerprint density at radius 2 is 2.40 bits per heavy atom. The molecule has 0 radical (unpaired) electrons. The molecule has 56 valence electrons. The van der Waals surface area contributed by atoms with E-state index in [1.807, 2.05) is 0 Å². The number of ether oxygens (including phenoxy) is 1. The lowest BCUT2D eigenvalue weighted by molar-refractivity contribution is 0.192. The van der Waals surface area contributed by atoms with Crippen molar-refractivity contribution in [2.75, 3.05) is 13.7 Å². The largest absolute Gasteiger partial charge is 0.636 e. The fourth-order valence-electron chi connectivity index (χ4n) is 0.248. The van der Waals surface area contributed by atoms with Gasteiger partial charge >= 0.3 is 13.7 Å². The molecule has 0 N–H and O–H groups in total. The summed E-state index contributed by atoms with van der Waals surface area (Å²) in [5, 5.41) is 0. The summed E-state index contributed by atoms with van der Waals surface area (Å²) in [5.74, 6) is 0. The molecule has 0 aromatic heterocycles. The second kappa shape index (κ2) is 5.09. The maximum absolute atomic E-state index is 10.5. The van der Waals surface area contributed by atoms with Crippen LogP contribution < -0.4 is 0 Å². The quantitative estimate of drug-likeness (QED) is 0.467. The van der Waals surface area contributed by atoms with Gasteiger partial charge in [-0.25, -0.2) is 0 Å². The van der Waals surface area contributed by atoms with Gasteiger partial charge in [0.2, 0.25) is 0 Å². The summed E-state index contributed by atoms with van der Waals surface area (Å²) in [7, 11) is -1.18. The summed E-state index contributed by atoms with van der Waals surface area (Å²) in [6.45, 7) is 3.40. The molecule has 0 amide bonds. The van der Waals surface area contributed by atoms with Crippen LogP contribution in [0, 0.1) is 0 Å². The van der Waals surface area contributed by atoms with Gasteiger partial charge in [-0.1, -0.05) is 6.08 Å². The molecule has 4 nitrogen and oxygen atoms in total. The van der Waals surface area contributed by atoms with E-state index in [0.29, 0.717) is 0 Å². The molecule has 0 aliphatic carbocycles. The molecule has 0 aromatic carbocycles. The first-order valence-corrected chi connectivity index (χ1v) is 3.69. The molecule has 0 bridgehead atoms. The van der Waals surface area contributed by atoms with Gasteiger partial charge in [0.1, 0.15) is 6.61 Å². The summed E-state index contributed by atoms with van der Waals surface area (Å²) in [6.07, 6.45) is 1.40. The van der Waals surface area contributed by atoms with Crippen LogP contribution in [-0.4, -0.2) is 19.4 Å². The molecule has 1 unspecified atom stereocenters. The number of hydrogen-bond donors (Lipinski definition) is 0. The average Bonchev–Trinajstić information content (AvgIpc) is 1.98. The molecule has 1 atom stereocenters. The van der Waals surface area contributed by atoms with Gasteiger partial charge in [-0.15, -0.1) is 11.1 Å². The Morgan fingerprint density at radius 3 is 2.80 bits per heavy atom. The molecule has 5 heteroatoms. The van der Waals surface area contributed by atoms with E-state index in [1.54, 1.807) is 0 Å². The van der Waals surface area contributed by atoms with Gasteiger partial charge in [0, 0.05) is 0 Å². The predicted octanol–water partition coefficient (Wildman–Crippen LogP) is 1.70. The van der Waals surface area contributed by atoms with Crippen molar-refractivity contribution < 1.29 is 18.6 Å². The third-order valence-electron chi connectivity index (χ3n) is 0.633. The van der Waals surface area contributed by atoms with Crippen LogP contribution in [0.2, 0.25) is 0 Å². The molecule has 0 saturated heterocycles. The molecular formula is C5H8O4P+. The van der Waals surface area contributed by atoms with E-state index in [-0.39, 0.29) is 6.61 Å². The second-order valence-electron chi connectivity index (χ2n) is 1.31. The van der Waals surface area contributed by atoms with Crippen molar-refractivity contribution in [1.29, 1.82) is 0 Å². The Kier molecular flexibility index (Phi) is 4.72. The number of rotatable bonds is 4. The van der Waals surface area contributed by atoms with E-state index < -0.39 is 13.7 Å². The van der Waals surface area contributed by atoms with Crippen LogP contribution in [-0.2, 0) is 13.8 Å². The molecular weight excluding hydrogens is 155 g/mol. The Balaban J connectivity index is 3.62. The Labute approximate surface area is 59.7 Å². The van der Waals surface area contributed by atoms with E-state index in [4.69, 9.17) is 0 Å². The lowest BCUT2D eigenvalue weighted by atomic mass is 10.7.